The lowest BCUT2D eigenvalue weighted by molar-refractivity contribution is -0.141. The molecule has 1 aromatic carbocycles. The van der Waals surface area contributed by atoms with Crippen LogP contribution in [0.1, 0.15) is 18.9 Å². The van der Waals surface area contributed by atoms with Gasteiger partial charge in [0.1, 0.15) is 0 Å². The van der Waals surface area contributed by atoms with Crippen LogP contribution in [0.5, 0.6) is 0 Å². The Morgan fingerprint density at radius 2 is 2.07 bits per heavy atom. The molecule has 0 heterocycles. The molecule has 0 aliphatic rings. The van der Waals surface area contributed by atoms with Gasteiger partial charge < -0.3 is 4.74 Å². The minimum absolute atomic E-state index is 0.168. The number of ether oxygens (including phenoxy) is 1. The van der Waals surface area contributed by atoms with E-state index in [0.29, 0.717) is 6.42 Å². The van der Waals surface area contributed by atoms with Gasteiger partial charge in [-0.15, -0.1) is 0 Å². The minimum Gasteiger partial charge on any atom is -0.452 e. The number of hydrogen-bond acceptors (Lipinski definition) is 2. The summed E-state index contributed by atoms with van der Waals surface area (Å²) in [5.74, 6) is 5.46. The number of rotatable bonds is 2. The Labute approximate surface area is 83.9 Å². The van der Waals surface area contributed by atoms with Crippen LogP contribution in [-0.2, 0) is 9.53 Å². The Hall–Kier alpha value is -1.75. The van der Waals surface area contributed by atoms with Crippen molar-refractivity contribution in [1.82, 2.24) is 0 Å². The largest absolute Gasteiger partial charge is 0.452 e. The lowest BCUT2D eigenvalue weighted by atomic mass is 10.2. The maximum absolute atomic E-state index is 10.7. The molecule has 14 heavy (non-hydrogen) atoms. The summed E-state index contributed by atoms with van der Waals surface area (Å²) in [4.78, 5) is 10.7. The third-order valence-corrected chi connectivity index (χ3v) is 1.60. The van der Waals surface area contributed by atoms with Crippen molar-refractivity contribution in [3.05, 3.63) is 35.9 Å². The average Bonchev–Trinajstić information content (AvgIpc) is 2.25. The third-order valence-electron chi connectivity index (χ3n) is 1.60. The Balaban J connectivity index is 2.38. The van der Waals surface area contributed by atoms with Gasteiger partial charge >= 0.3 is 5.97 Å². The van der Waals surface area contributed by atoms with Crippen molar-refractivity contribution in [3.63, 3.8) is 0 Å². The van der Waals surface area contributed by atoms with Gasteiger partial charge in [0.05, 0.1) is 0 Å². The van der Waals surface area contributed by atoms with Gasteiger partial charge in [0.15, 0.2) is 6.61 Å². The van der Waals surface area contributed by atoms with Crippen molar-refractivity contribution in [2.24, 2.45) is 0 Å². The van der Waals surface area contributed by atoms with Crippen LogP contribution >= 0.6 is 0 Å². The Morgan fingerprint density at radius 1 is 1.36 bits per heavy atom. The van der Waals surface area contributed by atoms with E-state index in [1.54, 1.807) is 6.92 Å². The molecule has 1 rings (SSSR count). The van der Waals surface area contributed by atoms with E-state index in [1.165, 1.54) is 0 Å². The van der Waals surface area contributed by atoms with Crippen LogP contribution in [0.3, 0.4) is 0 Å². The first-order valence-electron chi connectivity index (χ1n) is 4.52. The maximum Gasteiger partial charge on any atom is 0.306 e. The summed E-state index contributed by atoms with van der Waals surface area (Å²) in [5, 5.41) is 0. The highest BCUT2D eigenvalue weighted by molar-refractivity contribution is 5.69. The van der Waals surface area contributed by atoms with E-state index in [2.05, 4.69) is 11.8 Å². The molecule has 2 heteroatoms. The molecule has 2 nitrogen and oxygen atoms in total. The van der Waals surface area contributed by atoms with Crippen LogP contribution in [0.15, 0.2) is 30.3 Å². The summed E-state index contributed by atoms with van der Waals surface area (Å²) in [6.45, 7) is 1.93. The molecule has 0 atom stereocenters. The summed E-state index contributed by atoms with van der Waals surface area (Å²) in [7, 11) is 0. The summed E-state index contributed by atoms with van der Waals surface area (Å²) in [5.41, 5.74) is 0.931. The molecule has 0 bridgehead atoms. The number of carbonyl (C=O) groups is 1. The molecule has 0 amide bonds. The Morgan fingerprint density at radius 3 is 2.71 bits per heavy atom. The second kappa shape index (κ2) is 5.82. The van der Waals surface area contributed by atoms with Crippen molar-refractivity contribution in [1.29, 1.82) is 0 Å². The zero-order valence-electron chi connectivity index (χ0n) is 8.12. The van der Waals surface area contributed by atoms with Crippen molar-refractivity contribution in [2.75, 3.05) is 6.61 Å². The highest BCUT2D eigenvalue weighted by Crippen LogP contribution is 1.94. The smallest absolute Gasteiger partial charge is 0.306 e. The lowest BCUT2D eigenvalue weighted by Crippen LogP contribution is -2.01. The van der Waals surface area contributed by atoms with Gasteiger partial charge in [-0.1, -0.05) is 37.0 Å². The summed E-state index contributed by atoms with van der Waals surface area (Å²) in [6, 6.07) is 9.59. The van der Waals surface area contributed by atoms with Crippen molar-refractivity contribution < 1.29 is 9.53 Å². The number of carbonyl (C=O) groups excluding carboxylic acids is 1. The van der Waals surface area contributed by atoms with Gasteiger partial charge in [0, 0.05) is 12.0 Å². The second-order valence-corrected chi connectivity index (χ2v) is 2.68. The Kier molecular flexibility index (Phi) is 4.30. The van der Waals surface area contributed by atoms with Crippen molar-refractivity contribution in [3.8, 4) is 11.8 Å². The zero-order chi connectivity index (χ0) is 10.2. The molecular weight excluding hydrogens is 176 g/mol. The van der Waals surface area contributed by atoms with Gasteiger partial charge in [-0.25, -0.2) is 0 Å². The standard InChI is InChI=1S/C12H12O2/c1-2-12(13)14-10-6-9-11-7-4-3-5-8-11/h3-5,7-8H,2,10H2,1H3. The zero-order valence-corrected chi connectivity index (χ0v) is 8.12. The normalized spacial score (nSPS) is 8.64. The fraction of sp³-hybridized carbons (Fsp3) is 0.250. The quantitative estimate of drug-likeness (QED) is 0.524. The van der Waals surface area contributed by atoms with Crippen LogP contribution < -0.4 is 0 Å². The van der Waals surface area contributed by atoms with E-state index in [1.807, 2.05) is 30.3 Å². The van der Waals surface area contributed by atoms with Gasteiger partial charge in [0.25, 0.3) is 0 Å². The van der Waals surface area contributed by atoms with Gasteiger partial charge in [-0.2, -0.15) is 0 Å². The molecule has 0 radical (unpaired) electrons. The van der Waals surface area contributed by atoms with Crippen LogP contribution in [0, 0.1) is 11.8 Å². The van der Waals surface area contributed by atoms with Gasteiger partial charge in [-0.05, 0) is 12.1 Å². The predicted octanol–water partition coefficient (Wildman–Crippen LogP) is 1.99. The topological polar surface area (TPSA) is 26.3 Å². The first kappa shape index (κ1) is 10.3. The first-order valence-corrected chi connectivity index (χ1v) is 4.52. The van der Waals surface area contributed by atoms with Crippen LogP contribution in [0.2, 0.25) is 0 Å². The lowest BCUT2D eigenvalue weighted by Gasteiger charge is -1.94. The highest BCUT2D eigenvalue weighted by Gasteiger charge is 1.93. The Bertz CT molecular complexity index is 344. The van der Waals surface area contributed by atoms with Crippen molar-refractivity contribution in [2.45, 2.75) is 13.3 Å². The molecule has 72 valence electrons. The molecule has 0 aliphatic carbocycles. The molecule has 0 fully saturated rings. The van der Waals surface area contributed by atoms with E-state index in [9.17, 15) is 4.79 Å². The van der Waals surface area contributed by atoms with Crippen LogP contribution in [-0.4, -0.2) is 12.6 Å². The molecule has 0 N–H and O–H groups in total. The summed E-state index contributed by atoms with van der Waals surface area (Å²) in [6.07, 6.45) is 0.396. The number of hydrogen-bond donors (Lipinski definition) is 0. The number of benzene rings is 1. The molecule has 0 aliphatic heterocycles. The molecule has 0 unspecified atom stereocenters. The van der Waals surface area contributed by atoms with Gasteiger partial charge in [0.2, 0.25) is 0 Å². The molecule has 0 spiro atoms. The maximum atomic E-state index is 10.7. The van der Waals surface area contributed by atoms with E-state index in [-0.39, 0.29) is 12.6 Å². The third kappa shape index (κ3) is 3.77. The fourth-order valence-corrected chi connectivity index (χ4v) is 0.878. The van der Waals surface area contributed by atoms with E-state index < -0.39 is 0 Å². The van der Waals surface area contributed by atoms with Crippen LogP contribution in [0.25, 0.3) is 0 Å². The predicted molar refractivity (Wildman–Crippen MR) is 54.6 cm³/mol. The van der Waals surface area contributed by atoms with Crippen molar-refractivity contribution >= 4 is 5.97 Å². The highest BCUT2D eigenvalue weighted by atomic mass is 16.5. The first-order chi connectivity index (χ1) is 6.83. The molecule has 1 aromatic rings. The fourth-order valence-electron chi connectivity index (χ4n) is 0.878. The summed E-state index contributed by atoms with van der Waals surface area (Å²) >= 11 is 0. The SMILES string of the molecule is CCC(=O)OCC#Cc1ccccc1. The van der Waals surface area contributed by atoms with E-state index in [0.717, 1.165) is 5.56 Å². The average molecular weight is 188 g/mol. The van der Waals surface area contributed by atoms with Crippen LogP contribution in [0.4, 0.5) is 0 Å². The molecular formula is C12H12O2. The van der Waals surface area contributed by atoms with E-state index >= 15 is 0 Å². The minimum atomic E-state index is -0.215. The molecule has 0 aromatic heterocycles. The monoisotopic (exact) mass is 188 g/mol. The molecule has 0 saturated carbocycles. The van der Waals surface area contributed by atoms with E-state index in [4.69, 9.17) is 4.74 Å². The summed E-state index contributed by atoms with van der Waals surface area (Å²) < 4.78 is 4.80. The second-order valence-electron chi connectivity index (χ2n) is 2.68. The van der Waals surface area contributed by atoms with Gasteiger partial charge in [-0.3, -0.25) is 4.79 Å². The number of esters is 1. The molecule has 0 saturated heterocycles.